The van der Waals surface area contributed by atoms with E-state index in [1.54, 1.807) is 29.1 Å². The molecule has 1 N–H and O–H groups in total. The maximum Gasteiger partial charge on any atom is 0.274 e. The second kappa shape index (κ2) is 6.97. The van der Waals surface area contributed by atoms with Gasteiger partial charge in [-0.3, -0.25) is 4.79 Å². The van der Waals surface area contributed by atoms with E-state index in [4.69, 9.17) is 16.0 Å². The summed E-state index contributed by atoms with van der Waals surface area (Å²) < 4.78 is 7.26. The van der Waals surface area contributed by atoms with Crippen molar-refractivity contribution >= 4 is 17.5 Å². The molecule has 7 heteroatoms. The van der Waals surface area contributed by atoms with Crippen molar-refractivity contribution in [2.45, 2.75) is 13.0 Å². The quantitative estimate of drug-likeness (QED) is 0.768. The number of hydrogen-bond acceptors (Lipinski definition) is 4. The fourth-order valence-corrected chi connectivity index (χ4v) is 3.28. The summed E-state index contributed by atoms with van der Waals surface area (Å²) >= 11 is 6.00. The van der Waals surface area contributed by atoms with Crippen molar-refractivity contribution in [3.8, 4) is 17.1 Å². The highest BCUT2D eigenvalue weighted by Gasteiger charge is 2.27. The molecule has 0 bridgehead atoms. The standard InChI is InChI=1S/C19H19ClN4O2/c1-13-12-21-8-9-23(13)19(25)16-11-17(18-3-2-10-26-18)24(22-16)15-6-4-14(20)5-7-15/h2-7,10-11,13,21H,8-9,12H2,1H3. The fourth-order valence-electron chi connectivity index (χ4n) is 3.15. The Morgan fingerprint density at radius 2 is 2.12 bits per heavy atom. The molecule has 1 aromatic carbocycles. The zero-order chi connectivity index (χ0) is 18.1. The fraction of sp³-hybridized carbons (Fsp3) is 0.263. The lowest BCUT2D eigenvalue weighted by Gasteiger charge is -2.33. The molecule has 26 heavy (non-hydrogen) atoms. The summed E-state index contributed by atoms with van der Waals surface area (Å²) in [6.45, 7) is 4.28. The molecule has 4 rings (SSSR count). The van der Waals surface area contributed by atoms with E-state index in [0.717, 1.165) is 24.5 Å². The van der Waals surface area contributed by atoms with Gasteiger partial charge in [-0.2, -0.15) is 5.10 Å². The molecule has 134 valence electrons. The molecule has 1 aliphatic heterocycles. The largest absolute Gasteiger partial charge is 0.463 e. The van der Waals surface area contributed by atoms with Crippen LogP contribution < -0.4 is 5.32 Å². The van der Waals surface area contributed by atoms with Gasteiger partial charge in [-0.1, -0.05) is 11.6 Å². The molecule has 0 saturated carbocycles. The normalized spacial score (nSPS) is 17.5. The number of hydrogen-bond donors (Lipinski definition) is 1. The third-order valence-corrected chi connectivity index (χ3v) is 4.79. The summed E-state index contributed by atoms with van der Waals surface area (Å²) in [7, 11) is 0. The van der Waals surface area contributed by atoms with Crippen LogP contribution >= 0.6 is 11.6 Å². The first-order valence-electron chi connectivity index (χ1n) is 8.55. The van der Waals surface area contributed by atoms with Crippen LogP contribution in [0.4, 0.5) is 0 Å². The van der Waals surface area contributed by atoms with Gasteiger partial charge in [0.25, 0.3) is 5.91 Å². The van der Waals surface area contributed by atoms with Crippen LogP contribution in [-0.2, 0) is 0 Å². The smallest absolute Gasteiger partial charge is 0.274 e. The summed E-state index contributed by atoms with van der Waals surface area (Å²) in [5.74, 6) is 0.583. The summed E-state index contributed by atoms with van der Waals surface area (Å²) in [6.07, 6.45) is 1.61. The van der Waals surface area contributed by atoms with Crippen LogP contribution in [0.3, 0.4) is 0 Å². The number of carbonyl (C=O) groups excluding carboxylic acids is 1. The molecule has 0 aliphatic carbocycles. The highest BCUT2D eigenvalue weighted by molar-refractivity contribution is 6.30. The third-order valence-electron chi connectivity index (χ3n) is 4.54. The first-order chi connectivity index (χ1) is 12.6. The second-order valence-electron chi connectivity index (χ2n) is 6.33. The third kappa shape index (κ3) is 3.13. The monoisotopic (exact) mass is 370 g/mol. The molecular formula is C19H19ClN4O2. The summed E-state index contributed by atoms with van der Waals surface area (Å²) in [5, 5.41) is 8.52. The average Bonchev–Trinajstić information content (AvgIpc) is 3.32. The first-order valence-corrected chi connectivity index (χ1v) is 8.93. The second-order valence-corrected chi connectivity index (χ2v) is 6.77. The lowest BCUT2D eigenvalue weighted by Crippen LogP contribution is -2.52. The van der Waals surface area contributed by atoms with Gasteiger partial charge >= 0.3 is 0 Å². The minimum absolute atomic E-state index is 0.0699. The molecule has 0 spiro atoms. The Morgan fingerprint density at radius 1 is 1.31 bits per heavy atom. The molecule has 1 aliphatic rings. The van der Waals surface area contributed by atoms with E-state index in [9.17, 15) is 4.79 Å². The number of piperazine rings is 1. The maximum atomic E-state index is 13.0. The number of aromatic nitrogens is 2. The van der Waals surface area contributed by atoms with E-state index in [-0.39, 0.29) is 11.9 Å². The van der Waals surface area contributed by atoms with Crippen LogP contribution in [0.5, 0.6) is 0 Å². The van der Waals surface area contributed by atoms with Gasteiger partial charge < -0.3 is 14.6 Å². The van der Waals surface area contributed by atoms with E-state index < -0.39 is 0 Å². The Kier molecular flexibility index (Phi) is 4.53. The van der Waals surface area contributed by atoms with E-state index in [2.05, 4.69) is 10.4 Å². The molecule has 0 radical (unpaired) electrons. The van der Waals surface area contributed by atoms with Gasteiger partial charge in [0.05, 0.1) is 12.0 Å². The number of furan rings is 1. The molecule has 2 aromatic heterocycles. The number of carbonyl (C=O) groups is 1. The van der Waals surface area contributed by atoms with Crippen molar-refractivity contribution in [2.24, 2.45) is 0 Å². The number of benzene rings is 1. The van der Waals surface area contributed by atoms with Crippen molar-refractivity contribution in [1.82, 2.24) is 20.0 Å². The number of halogens is 1. The van der Waals surface area contributed by atoms with Gasteiger partial charge in [0.15, 0.2) is 11.5 Å². The van der Waals surface area contributed by atoms with E-state index in [0.29, 0.717) is 23.0 Å². The predicted octanol–water partition coefficient (Wildman–Crippen LogP) is 3.22. The highest BCUT2D eigenvalue weighted by Crippen LogP contribution is 2.26. The zero-order valence-electron chi connectivity index (χ0n) is 14.4. The molecule has 3 aromatic rings. The van der Waals surface area contributed by atoms with Gasteiger partial charge in [0, 0.05) is 36.8 Å². The van der Waals surface area contributed by atoms with Gasteiger partial charge in [0.1, 0.15) is 5.69 Å². The van der Waals surface area contributed by atoms with Crippen molar-refractivity contribution in [3.63, 3.8) is 0 Å². The van der Waals surface area contributed by atoms with Gasteiger partial charge in [-0.25, -0.2) is 4.68 Å². The Bertz CT molecular complexity index is 902. The van der Waals surface area contributed by atoms with Crippen molar-refractivity contribution in [3.05, 3.63) is 59.4 Å². The Labute approximate surface area is 156 Å². The van der Waals surface area contributed by atoms with Crippen LogP contribution in [0.25, 0.3) is 17.1 Å². The number of rotatable bonds is 3. The lowest BCUT2D eigenvalue weighted by molar-refractivity contribution is 0.0649. The Morgan fingerprint density at radius 3 is 2.81 bits per heavy atom. The van der Waals surface area contributed by atoms with Crippen molar-refractivity contribution in [2.75, 3.05) is 19.6 Å². The van der Waals surface area contributed by atoms with Gasteiger partial charge in [-0.05, 0) is 43.3 Å². The van der Waals surface area contributed by atoms with Crippen LogP contribution in [-0.4, -0.2) is 46.3 Å². The summed E-state index contributed by atoms with van der Waals surface area (Å²) in [6, 6.07) is 12.9. The molecule has 1 amide bonds. The number of amides is 1. The Hall–Kier alpha value is -2.57. The van der Waals surface area contributed by atoms with Crippen LogP contribution in [0.15, 0.2) is 53.1 Å². The number of nitrogens with zero attached hydrogens (tertiary/aromatic N) is 3. The minimum Gasteiger partial charge on any atom is -0.463 e. The first kappa shape index (κ1) is 16.9. The molecule has 1 fully saturated rings. The van der Waals surface area contributed by atoms with Crippen LogP contribution in [0.1, 0.15) is 17.4 Å². The lowest BCUT2D eigenvalue weighted by atomic mass is 10.2. The zero-order valence-corrected chi connectivity index (χ0v) is 15.1. The molecule has 1 unspecified atom stereocenters. The summed E-state index contributed by atoms with van der Waals surface area (Å²) in [4.78, 5) is 14.9. The summed E-state index contributed by atoms with van der Waals surface area (Å²) in [5.41, 5.74) is 1.94. The van der Waals surface area contributed by atoms with Crippen molar-refractivity contribution < 1.29 is 9.21 Å². The van der Waals surface area contributed by atoms with Gasteiger partial charge in [0.2, 0.25) is 0 Å². The molecule has 1 saturated heterocycles. The van der Waals surface area contributed by atoms with Crippen LogP contribution in [0.2, 0.25) is 5.02 Å². The van der Waals surface area contributed by atoms with Crippen LogP contribution in [0, 0.1) is 0 Å². The predicted molar refractivity (Wildman–Crippen MR) is 99.6 cm³/mol. The molecular weight excluding hydrogens is 352 g/mol. The minimum atomic E-state index is -0.0699. The van der Waals surface area contributed by atoms with Gasteiger partial charge in [-0.15, -0.1) is 0 Å². The average molecular weight is 371 g/mol. The van der Waals surface area contributed by atoms with Crippen molar-refractivity contribution in [1.29, 1.82) is 0 Å². The van der Waals surface area contributed by atoms with E-state index >= 15 is 0 Å². The Balaban J connectivity index is 1.76. The van der Waals surface area contributed by atoms with E-state index in [1.807, 2.05) is 36.1 Å². The molecule has 1 atom stereocenters. The number of nitrogens with one attached hydrogen (secondary N) is 1. The molecule has 3 heterocycles. The van der Waals surface area contributed by atoms with E-state index in [1.165, 1.54) is 0 Å². The maximum absolute atomic E-state index is 13.0. The SMILES string of the molecule is CC1CNCCN1C(=O)c1cc(-c2ccco2)n(-c2ccc(Cl)cc2)n1. The topological polar surface area (TPSA) is 63.3 Å². The molecule has 6 nitrogen and oxygen atoms in total. The highest BCUT2D eigenvalue weighted by atomic mass is 35.5.